The van der Waals surface area contributed by atoms with Crippen LogP contribution in [-0.4, -0.2) is 53.9 Å². The van der Waals surface area contributed by atoms with Gasteiger partial charge in [0.25, 0.3) is 5.91 Å². The highest BCUT2D eigenvalue weighted by atomic mass is 35.5. The molecule has 0 bridgehead atoms. The molecule has 0 radical (unpaired) electrons. The van der Waals surface area contributed by atoms with Crippen molar-refractivity contribution in [2.45, 2.75) is 46.1 Å². The van der Waals surface area contributed by atoms with Gasteiger partial charge in [-0.2, -0.15) is 0 Å². The summed E-state index contributed by atoms with van der Waals surface area (Å²) in [6.07, 6.45) is 2.24. The van der Waals surface area contributed by atoms with E-state index >= 15 is 0 Å². The Morgan fingerprint density at radius 2 is 1.84 bits per heavy atom. The average molecular weight is 367 g/mol. The van der Waals surface area contributed by atoms with Crippen molar-refractivity contribution in [3.05, 3.63) is 28.8 Å². The second kappa shape index (κ2) is 9.09. The van der Waals surface area contributed by atoms with E-state index in [2.05, 4.69) is 0 Å². The van der Waals surface area contributed by atoms with E-state index in [4.69, 9.17) is 16.3 Å². The second-order valence-corrected chi connectivity index (χ2v) is 7.00. The minimum atomic E-state index is -0.0530. The lowest BCUT2D eigenvalue weighted by Crippen LogP contribution is -2.37. The van der Waals surface area contributed by atoms with Crippen LogP contribution in [-0.2, 0) is 4.79 Å². The fraction of sp³-hybridized carbons (Fsp3) is 0.579. The van der Waals surface area contributed by atoms with Gasteiger partial charge in [-0.15, -0.1) is 0 Å². The Hall–Kier alpha value is -1.75. The maximum Gasteiger partial charge on any atom is 0.253 e. The summed E-state index contributed by atoms with van der Waals surface area (Å²) >= 11 is 6.24. The lowest BCUT2D eigenvalue weighted by atomic mass is 10.2. The fourth-order valence-corrected chi connectivity index (χ4v) is 3.13. The monoisotopic (exact) mass is 366 g/mol. The van der Waals surface area contributed by atoms with Gasteiger partial charge in [-0.1, -0.05) is 18.5 Å². The first-order valence-corrected chi connectivity index (χ1v) is 9.33. The molecule has 138 valence electrons. The van der Waals surface area contributed by atoms with Crippen molar-refractivity contribution in [1.82, 2.24) is 9.80 Å². The number of amides is 2. The quantitative estimate of drug-likeness (QED) is 0.800. The third-order valence-corrected chi connectivity index (χ3v) is 4.44. The smallest absolute Gasteiger partial charge is 0.253 e. The molecule has 0 saturated carbocycles. The molecule has 0 atom stereocenters. The van der Waals surface area contributed by atoms with Crippen LogP contribution >= 0.6 is 11.6 Å². The van der Waals surface area contributed by atoms with Gasteiger partial charge in [0.05, 0.1) is 11.1 Å². The van der Waals surface area contributed by atoms with E-state index in [1.165, 1.54) is 0 Å². The number of carbonyl (C=O) groups is 2. The van der Waals surface area contributed by atoms with Crippen molar-refractivity contribution in [1.29, 1.82) is 0 Å². The maximum absolute atomic E-state index is 12.8. The molecule has 5 nitrogen and oxygen atoms in total. The number of ether oxygens (including phenoxy) is 1. The summed E-state index contributed by atoms with van der Waals surface area (Å²) in [7, 11) is 0. The molecule has 1 aliphatic rings. The predicted molar refractivity (Wildman–Crippen MR) is 99.2 cm³/mol. The summed E-state index contributed by atoms with van der Waals surface area (Å²) in [6, 6.07) is 5.15. The van der Waals surface area contributed by atoms with Crippen LogP contribution in [0.5, 0.6) is 5.75 Å². The second-order valence-electron chi connectivity index (χ2n) is 6.59. The van der Waals surface area contributed by atoms with Crippen LogP contribution in [0.15, 0.2) is 18.2 Å². The Balaban J connectivity index is 2.03. The van der Waals surface area contributed by atoms with Crippen LogP contribution < -0.4 is 4.74 Å². The topological polar surface area (TPSA) is 49.9 Å². The molecule has 1 aromatic carbocycles. The van der Waals surface area contributed by atoms with E-state index in [1.54, 1.807) is 23.1 Å². The van der Waals surface area contributed by atoms with Crippen molar-refractivity contribution in [3.63, 3.8) is 0 Å². The molecule has 25 heavy (non-hydrogen) atoms. The fourth-order valence-electron chi connectivity index (χ4n) is 2.91. The average Bonchev–Trinajstić information content (AvgIpc) is 2.82. The van der Waals surface area contributed by atoms with E-state index in [9.17, 15) is 9.59 Å². The number of benzene rings is 1. The molecule has 0 unspecified atom stereocenters. The van der Waals surface area contributed by atoms with Gasteiger partial charge in [0.15, 0.2) is 0 Å². The highest BCUT2D eigenvalue weighted by molar-refractivity contribution is 6.32. The van der Waals surface area contributed by atoms with E-state index in [-0.39, 0.29) is 17.9 Å². The molecule has 1 heterocycles. The van der Waals surface area contributed by atoms with Gasteiger partial charge in [0, 0.05) is 38.2 Å². The van der Waals surface area contributed by atoms with Crippen LogP contribution in [0.1, 0.15) is 50.4 Å². The zero-order chi connectivity index (χ0) is 18.4. The van der Waals surface area contributed by atoms with Crippen molar-refractivity contribution >= 4 is 23.4 Å². The van der Waals surface area contributed by atoms with Gasteiger partial charge >= 0.3 is 0 Å². The van der Waals surface area contributed by atoms with Crippen LogP contribution in [0, 0.1) is 0 Å². The third-order valence-electron chi connectivity index (χ3n) is 4.14. The minimum absolute atomic E-state index is 0.0244. The first kappa shape index (κ1) is 19.6. The van der Waals surface area contributed by atoms with Gasteiger partial charge in [-0.3, -0.25) is 9.59 Å². The van der Waals surface area contributed by atoms with Gasteiger partial charge in [0.1, 0.15) is 5.75 Å². The van der Waals surface area contributed by atoms with Crippen LogP contribution in [0.25, 0.3) is 0 Å². The number of rotatable bonds is 5. The highest BCUT2D eigenvalue weighted by Crippen LogP contribution is 2.27. The zero-order valence-corrected chi connectivity index (χ0v) is 16.0. The standard InChI is InChI=1S/C19H27ClN2O3/c1-4-6-18(23)21-9-5-10-22(12-11-21)19(24)15-7-8-17(16(20)13-15)25-14(2)3/h7-8,13-14H,4-6,9-12H2,1-3H3. The van der Waals surface area contributed by atoms with E-state index < -0.39 is 0 Å². The van der Waals surface area contributed by atoms with Gasteiger partial charge in [-0.05, 0) is 44.9 Å². The Bertz CT molecular complexity index is 619. The lowest BCUT2D eigenvalue weighted by Gasteiger charge is -2.22. The SMILES string of the molecule is CCCC(=O)N1CCCN(C(=O)c2ccc(OC(C)C)c(Cl)c2)CC1. The van der Waals surface area contributed by atoms with Gasteiger partial charge < -0.3 is 14.5 Å². The molecule has 1 saturated heterocycles. The Kier molecular flexibility index (Phi) is 7.12. The summed E-state index contributed by atoms with van der Waals surface area (Å²) < 4.78 is 5.61. The summed E-state index contributed by atoms with van der Waals surface area (Å²) in [4.78, 5) is 28.5. The minimum Gasteiger partial charge on any atom is -0.489 e. The summed E-state index contributed by atoms with van der Waals surface area (Å²) in [5, 5.41) is 0.439. The number of halogens is 1. The molecule has 6 heteroatoms. The first-order chi connectivity index (χ1) is 11.9. The third kappa shape index (κ3) is 5.36. The maximum atomic E-state index is 12.8. The molecular formula is C19H27ClN2O3. The molecule has 1 fully saturated rings. The van der Waals surface area contributed by atoms with E-state index in [0.717, 1.165) is 12.8 Å². The summed E-state index contributed by atoms with van der Waals surface area (Å²) in [5.41, 5.74) is 0.550. The largest absolute Gasteiger partial charge is 0.489 e. The van der Waals surface area contributed by atoms with Crippen molar-refractivity contribution in [3.8, 4) is 5.75 Å². The van der Waals surface area contributed by atoms with Crippen LogP contribution in [0.2, 0.25) is 5.02 Å². The molecule has 1 aliphatic heterocycles. The number of nitrogens with zero attached hydrogens (tertiary/aromatic N) is 2. The zero-order valence-electron chi connectivity index (χ0n) is 15.3. The normalized spacial score (nSPS) is 15.2. The van der Waals surface area contributed by atoms with Gasteiger partial charge in [0.2, 0.25) is 5.91 Å². The molecule has 1 aromatic rings. The Morgan fingerprint density at radius 1 is 1.16 bits per heavy atom. The molecule has 2 amide bonds. The molecule has 0 aromatic heterocycles. The molecule has 2 rings (SSSR count). The summed E-state index contributed by atoms with van der Waals surface area (Å²) in [5.74, 6) is 0.707. The van der Waals surface area contributed by atoms with Crippen molar-refractivity contribution < 1.29 is 14.3 Å². The molecule has 0 aliphatic carbocycles. The molecule has 0 N–H and O–H groups in total. The highest BCUT2D eigenvalue weighted by Gasteiger charge is 2.23. The van der Waals surface area contributed by atoms with Crippen molar-refractivity contribution in [2.75, 3.05) is 26.2 Å². The number of hydrogen-bond donors (Lipinski definition) is 0. The van der Waals surface area contributed by atoms with E-state index in [0.29, 0.717) is 48.9 Å². The van der Waals surface area contributed by atoms with Crippen LogP contribution in [0.3, 0.4) is 0 Å². The lowest BCUT2D eigenvalue weighted by molar-refractivity contribution is -0.131. The number of hydrogen-bond acceptors (Lipinski definition) is 3. The molecule has 0 spiro atoms. The van der Waals surface area contributed by atoms with Gasteiger partial charge in [-0.25, -0.2) is 0 Å². The number of carbonyl (C=O) groups excluding carboxylic acids is 2. The van der Waals surface area contributed by atoms with Crippen LogP contribution in [0.4, 0.5) is 0 Å². The van der Waals surface area contributed by atoms with Crippen molar-refractivity contribution in [2.24, 2.45) is 0 Å². The Labute approximate surface area is 154 Å². The first-order valence-electron chi connectivity index (χ1n) is 8.95. The molecular weight excluding hydrogens is 340 g/mol. The predicted octanol–water partition coefficient (Wildman–Crippen LogP) is 3.60. The van der Waals surface area contributed by atoms with E-state index in [1.807, 2.05) is 25.7 Å². The summed E-state index contributed by atoms with van der Waals surface area (Å²) in [6.45, 7) is 8.36. The Morgan fingerprint density at radius 3 is 2.48 bits per heavy atom.